The largest absolute Gasteiger partial charge is 0.508 e. The Kier molecular flexibility index (Phi) is 2.97. The Morgan fingerprint density at radius 3 is 2.86 bits per heavy atom. The van der Waals surface area contributed by atoms with Crippen LogP contribution in [0, 0.1) is 6.92 Å². The number of anilines is 1. The number of hydrogen-bond donors (Lipinski definition) is 3. The van der Waals surface area contributed by atoms with Crippen LogP contribution in [0.5, 0.6) is 11.5 Å². The van der Waals surface area contributed by atoms with E-state index >= 15 is 0 Å². The summed E-state index contributed by atoms with van der Waals surface area (Å²) in [5, 5.41) is 12.7. The van der Waals surface area contributed by atoms with Crippen LogP contribution in [0.3, 0.4) is 0 Å². The summed E-state index contributed by atoms with van der Waals surface area (Å²) in [7, 11) is 0. The van der Waals surface area contributed by atoms with E-state index < -0.39 is 11.4 Å². The van der Waals surface area contributed by atoms with Crippen LogP contribution < -0.4 is 15.8 Å². The highest BCUT2D eigenvalue weighted by molar-refractivity contribution is 5.91. The molecule has 1 atom stereocenters. The molecule has 0 fully saturated rings. The molecule has 0 saturated carbocycles. The summed E-state index contributed by atoms with van der Waals surface area (Å²) in [4.78, 5) is 12.1. The quantitative estimate of drug-likeness (QED) is 0.803. The van der Waals surface area contributed by atoms with Gasteiger partial charge in [0.15, 0.2) is 5.54 Å². The van der Waals surface area contributed by atoms with Crippen molar-refractivity contribution >= 4 is 11.6 Å². The fourth-order valence-corrected chi connectivity index (χ4v) is 2.58. The number of benzene rings is 2. The minimum absolute atomic E-state index is 0.0876. The Morgan fingerprint density at radius 1 is 1.33 bits per heavy atom. The molecule has 5 nitrogen and oxygen atoms in total. The van der Waals surface area contributed by atoms with Gasteiger partial charge in [-0.25, -0.2) is 0 Å². The molecule has 21 heavy (non-hydrogen) atoms. The highest BCUT2D eigenvalue weighted by Gasteiger charge is 2.46. The molecule has 2 aromatic rings. The van der Waals surface area contributed by atoms with Crippen LogP contribution in [0.15, 0.2) is 42.5 Å². The lowest BCUT2D eigenvalue weighted by Crippen LogP contribution is -2.49. The number of aromatic hydroxyl groups is 1. The monoisotopic (exact) mass is 284 g/mol. The van der Waals surface area contributed by atoms with Crippen molar-refractivity contribution in [2.75, 3.05) is 11.9 Å². The smallest absolute Gasteiger partial charge is 0.251 e. The molecule has 0 bridgehead atoms. The van der Waals surface area contributed by atoms with Gasteiger partial charge in [0.05, 0.1) is 0 Å². The zero-order chi connectivity index (χ0) is 15.0. The van der Waals surface area contributed by atoms with Crippen LogP contribution in [0.4, 0.5) is 5.69 Å². The third-order valence-electron chi connectivity index (χ3n) is 3.67. The third kappa shape index (κ3) is 2.16. The first-order valence-electron chi connectivity index (χ1n) is 6.62. The number of fused-ring (bicyclic) bond motifs is 1. The van der Waals surface area contributed by atoms with E-state index in [0.717, 1.165) is 11.3 Å². The first kappa shape index (κ1) is 13.3. The Morgan fingerprint density at radius 2 is 2.14 bits per heavy atom. The van der Waals surface area contributed by atoms with E-state index in [2.05, 4.69) is 5.32 Å². The average Bonchev–Trinajstić information content (AvgIpc) is 2.78. The zero-order valence-electron chi connectivity index (χ0n) is 11.6. The highest BCUT2D eigenvalue weighted by atomic mass is 16.5. The summed E-state index contributed by atoms with van der Waals surface area (Å²) in [6.45, 7) is 2.06. The zero-order valence-corrected chi connectivity index (χ0v) is 11.6. The summed E-state index contributed by atoms with van der Waals surface area (Å²) in [6, 6.07) is 12.3. The van der Waals surface area contributed by atoms with E-state index in [-0.39, 0.29) is 12.4 Å². The highest BCUT2D eigenvalue weighted by Crippen LogP contribution is 2.41. The number of nitrogens with two attached hydrogens (primary N) is 1. The molecule has 0 spiro atoms. The Bertz CT molecular complexity index is 714. The predicted molar refractivity (Wildman–Crippen MR) is 79.3 cm³/mol. The molecule has 0 aromatic heterocycles. The first-order valence-corrected chi connectivity index (χ1v) is 6.62. The second-order valence-electron chi connectivity index (χ2n) is 5.23. The molecular formula is C16H16N2O3. The third-order valence-corrected chi connectivity index (χ3v) is 3.67. The van der Waals surface area contributed by atoms with E-state index in [1.807, 2.05) is 31.2 Å². The summed E-state index contributed by atoms with van der Waals surface area (Å²) >= 11 is 0. The van der Waals surface area contributed by atoms with Crippen molar-refractivity contribution in [2.24, 2.45) is 5.73 Å². The van der Waals surface area contributed by atoms with Gasteiger partial charge in [0.25, 0.3) is 5.91 Å². The normalized spacial score (nSPS) is 19.7. The van der Waals surface area contributed by atoms with Gasteiger partial charge in [-0.2, -0.15) is 0 Å². The topological polar surface area (TPSA) is 84.6 Å². The molecule has 0 radical (unpaired) electrons. The molecule has 4 N–H and O–H groups in total. The predicted octanol–water partition coefficient (Wildman–Crippen LogP) is 1.89. The van der Waals surface area contributed by atoms with E-state index in [0.29, 0.717) is 11.3 Å². The van der Waals surface area contributed by atoms with Crippen molar-refractivity contribution in [2.45, 2.75) is 12.5 Å². The number of amides is 1. The fraction of sp³-hybridized carbons (Fsp3) is 0.188. The minimum atomic E-state index is -1.13. The molecule has 1 heterocycles. The molecule has 1 unspecified atom stereocenters. The van der Waals surface area contributed by atoms with Crippen LogP contribution in [0.1, 0.15) is 11.1 Å². The number of phenolic OH excluding ortho intramolecular Hbond substituents is 1. The first-order chi connectivity index (χ1) is 10.0. The van der Waals surface area contributed by atoms with Gasteiger partial charge in [-0.05, 0) is 36.8 Å². The molecule has 0 aliphatic carbocycles. The van der Waals surface area contributed by atoms with Crippen LogP contribution >= 0.6 is 0 Å². The molecule has 2 aromatic carbocycles. The Balaban J connectivity index is 2.06. The maximum Gasteiger partial charge on any atom is 0.251 e. The summed E-state index contributed by atoms with van der Waals surface area (Å²) in [6.07, 6.45) is 0. The molecular weight excluding hydrogens is 268 g/mol. The van der Waals surface area contributed by atoms with E-state index in [9.17, 15) is 9.90 Å². The molecule has 0 saturated heterocycles. The van der Waals surface area contributed by atoms with E-state index in [4.69, 9.17) is 10.5 Å². The maximum absolute atomic E-state index is 12.1. The van der Waals surface area contributed by atoms with Gasteiger partial charge >= 0.3 is 0 Å². The standard InChI is InChI=1S/C16H16N2O3/c1-10-3-2-4-11(7-10)18-16(15(17)20)9-21-14-8-12(19)5-6-13(14)16/h2-8,18-19H,9H2,1H3,(H2,17,20). The van der Waals surface area contributed by atoms with Gasteiger partial charge in [-0.15, -0.1) is 0 Å². The SMILES string of the molecule is Cc1cccc(NC2(C(N)=O)COc3cc(O)ccc32)c1. The number of carbonyl (C=O) groups excluding carboxylic acids is 1. The van der Waals surface area contributed by atoms with Gasteiger partial charge < -0.3 is 20.9 Å². The maximum atomic E-state index is 12.1. The average molecular weight is 284 g/mol. The molecule has 108 valence electrons. The van der Waals surface area contributed by atoms with Crippen LogP contribution in [-0.2, 0) is 10.3 Å². The molecule has 1 aliphatic rings. The van der Waals surface area contributed by atoms with Crippen LogP contribution in [0.2, 0.25) is 0 Å². The van der Waals surface area contributed by atoms with Gasteiger partial charge in [0.1, 0.15) is 18.1 Å². The molecule has 3 rings (SSSR count). The number of carbonyl (C=O) groups is 1. The summed E-state index contributed by atoms with van der Waals surface area (Å²) in [5.41, 5.74) is 7.00. The lowest BCUT2D eigenvalue weighted by molar-refractivity contribution is -0.122. The summed E-state index contributed by atoms with van der Waals surface area (Å²) in [5.74, 6) is 0.0342. The number of rotatable bonds is 3. The second kappa shape index (κ2) is 4.70. The van der Waals surface area contributed by atoms with E-state index in [1.165, 1.54) is 12.1 Å². The number of phenols is 1. The number of aryl methyl sites for hydroxylation is 1. The van der Waals surface area contributed by atoms with Gasteiger partial charge in [-0.3, -0.25) is 4.79 Å². The van der Waals surface area contributed by atoms with Crippen molar-refractivity contribution in [3.8, 4) is 11.5 Å². The Labute approximate surface area is 122 Å². The van der Waals surface area contributed by atoms with Crippen LogP contribution in [-0.4, -0.2) is 17.6 Å². The van der Waals surface area contributed by atoms with Crippen molar-refractivity contribution in [3.05, 3.63) is 53.6 Å². The van der Waals surface area contributed by atoms with Gasteiger partial charge in [0, 0.05) is 17.3 Å². The van der Waals surface area contributed by atoms with E-state index in [1.54, 1.807) is 6.07 Å². The lowest BCUT2D eigenvalue weighted by atomic mass is 9.90. The van der Waals surface area contributed by atoms with Crippen molar-refractivity contribution < 1.29 is 14.6 Å². The van der Waals surface area contributed by atoms with Crippen molar-refractivity contribution in [1.29, 1.82) is 0 Å². The molecule has 1 aliphatic heterocycles. The summed E-state index contributed by atoms with van der Waals surface area (Å²) < 4.78 is 5.54. The van der Waals surface area contributed by atoms with Gasteiger partial charge in [-0.1, -0.05) is 12.1 Å². The molecule has 5 heteroatoms. The molecule has 1 amide bonds. The number of ether oxygens (including phenoxy) is 1. The minimum Gasteiger partial charge on any atom is -0.508 e. The lowest BCUT2D eigenvalue weighted by Gasteiger charge is -2.27. The van der Waals surface area contributed by atoms with Crippen molar-refractivity contribution in [1.82, 2.24) is 0 Å². The van der Waals surface area contributed by atoms with Crippen molar-refractivity contribution in [3.63, 3.8) is 0 Å². The number of hydrogen-bond acceptors (Lipinski definition) is 4. The Hall–Kier alpha value is -2.69. The second-order valence-corrected chi connectivity index (χ2v) is 5.23. The fourth-order valence-electron chi connectivity index (χ4n) is 2.58. The number of primary amides is 1. The van der Waals surface area contributed by atoms with Gasteiger partial charge in [0.2, 0.25) is 0 Å². The van der Waals surface area contributed by atoms with Crippen LogP contribution in [0.25, 0.3) is 0 Å². The number of nitrogens with one attached hydrogen (secondary N) is 1.